The fourth-order valence-corrected chi connectivity index (χ4v) is 2.84. The van der Waals surface area contributed by atoms with E-state index in [0.717, 1.165) is 56.0 Å². The average Bonchev–Trinajstić information content (AvgIpc) is 2.99. The SMILES string of the molecule is CCN(CC)CCCNCc1cn(C)nc1-c1ccc([N+](=O)[O-])cc1. The largest absolute Gasteiger partial charge is 0.312 e. The Labute approximate surface area is 148 Å². The van der Waals surface area contributed by atoms with Crippen molar-refractivity contribution in [2.75, 3.05) is 26.2 Å². The van der Waals surface area contributed by atoms with Crippen LogP contribution in [0.2, 0.25) is 0 Å². The smallest absolute Gasteiger partial charge is 0.269 e. The molecule has 136 valence electrons. The maximum atomic E-state index is 10.8. The lowest BCUT2D eigenvalue weighted by atomic mass is 10.1. The first-order chi connectivity index (χ1) is 12.0. The molecular weight excluding hydrogens is 318 g/mol. The third kappa shape index (κ3) is 5.37. The molecule has 7 nitrogen and oxygen atoms in total. The van der Waals surface area contributed by atoms with Gasteiger partial charge >= 0.3 is 0 Å². The third-order valence-corrected chi connectivity index (χ3v) is 4.29. The van der Waals surface area contributed by atoms with Gasteiger partial charge in [-0.25, -0.2) is 0 Å². The summed E-state index contributed by atoms with van der Waals surface area (Å²) in [6.07, 6.45) is 3.10. The predicted octanol–water partition coefficient (Wildman–Crippen LogP) is 2.82. The lowest BCUT2D eigenvalue weighted by molar-refractivity contribution is -0.384. The first-order valence-electron chi connectivity index (χ1n) is 8.75. The van der Waals surface area contributed by atoms with E-state index < -0.39 is 0 Å². The van der Waals surface area contributed by atoms with E-state index in [9.17, 15) is 10.1 Å². The van der Waals surface area contributed by atoms with Gasteiger partial charge in [-0.15, -0.1) is 0 Å². The molecule has 7 heteroatoms. The van der Waals surface area contributed by atoms with Crippen LogP contribution < -0.4 is 5.32 Å². The highest BCUT2D eigenvalue weighted by Crippen LogP contribution is 2.24. The molecule has 1 N–H and O–H groups in total. The number of hydrogen-bond donors (Lipinski definition) is 1. The Morgan fingerprint density at radius 2 is 1.92 bits per heavy atom. The van der Waals surface area contributed by atoms with Crippen LogP contribution in [0.5, 0.6) is 0 Å². The van der Waals surface area contributed by atoms with Crippen molar-refractivity contribution >= 4 is 5.69 Å². The first kappa shape index (κ1) is 19.1. The van der Waals surface area contributed by atoms with Gasteiger partial charge in [0.25, 0.3) is 5.69 Å². The van der Waals surface area contributed by atoms with Gasteiger partial charge in [-0.3, -0.25) is 14.8 Å². The van der Waals surface area contributed by atoms with Gasteiger partial charge < -0.3 is 10.2 Å². The molecule has 0 unspecified atom stereocenters. The second-order valence-electron chi connectivity index (χ2n) is 6.04. The number of nitro groups is 1. The summed E-state index contributed by atoms with van der Waals surface area (Å²) in [6, 6.07) is 6.55. The fraction of sp³-hybridized carbons (Fsp3) is 0.500. The Hall–Kier alpha value is -2.25. The Bertz CT molecular complexity index is 677. The zero-order chi connectivity index (χ0) is 18.2. The van der Waals surface area contributed by atoms with Crippen molar-refractivity contribution in [3.8, 4) is 11.3 Å². The van der Waals surface area contributed by atoms with Crippen molar-refractivity contribution in [3.63, 3.8) is 0 Å². The molecule has 1 heterocycles. The number of non-ortho nitro benzene ring substituents is 1. The van der Waals surface area contributed by atoms with Gasteiger partial charge in [0, 0.05) is 43.0 Å². The van der Waals surface area contributed by atoms with Gasteiger partial charge in [0.05, 0.1) is 10.6 Å². The molecule has 0 saturated heterocycles. The maximum Gasteiger partial charge on any atom is 0.269 e. The molecule has 25 heavy (non-hydrogen) atoms. The summed E-state index contributed by atoms with van der Waals surface area (Å²) in [5.74, 6) is 0. The predicted molar refractivity (Wildman–Crippen MR) is 99.4 cm³/mol. The van der Waals surface area contributed by atoms with E-state index in [0.29, 0.717) is 0 Å². The summed E-state index contributed by atoms with van der Waals surface area (Å²) >= 11 is 0. The lowest BCUT2D eigenvalue weighted by Crippen LogP contribution is -2.27. The number of rotatable bonds is 10. The highest BCUT2D eigenvalue weighted by Gasteiger charge is 2.12. The molecule has 0 amide bonds. The standard InChI is InChI=1S/C18H27N5O2/c1-4-22(5-2)12-6-11-19-13-16-14-21(3)20-18(16)15-7-9-17(10-8-15)23(24)25/h7-10,14,19H,4-6,11-13H2,1-3H3. The molecule has 2 rings (SSSR count). The van der Waals surface area contributed by atoms with Gasteiger partial charge in [-0.05, 0) is 44.7 Å². The van der Waals surface area contributed by atoms with E-state index in [1.165, 1.54) is 12.1 Å². The minimum Gasteiger partial charge on any atom is -0.312 e. The number of nitrogens with zero attached hydrogens (tertiary/aromatic N) is 4. The Balaban J connectivity index is 1.95. The maximum absolute atomic E-state index is 10.8. The van der Waals surface area contributed by atoms with E-state index in [1.807, 2.05) is 13.2 Å². The number of nitrogens with one attached hydrogen (secondary N) is 1. The van der Waals surface area contributed by atoms with Crippen LogP contribution in [0.4, 0.5) is 5.69 Å². The van der Waals surface area contributed by atoms with Gasteiger partial charge in [0.2, 0.25) is 0 Å². The molecule has 1 aromatic carbocycles. The van der Waals surface area contributed by atoms with E-state index >= 15 is 0 Å². The van der Waals surface area contributed by atoms with Crippen molar-refractivity contribution in [3.05, 3.63) is 46.1 Å². The second-order valence-corrected chi connectivity index (χ2v) is 6.04. The van der Waals surface area contributed by atoms with Gasteiger partial charge in [0.15, 0.2) is 0 Å². The van der Waals surface area contributed by atoms with Crippen molar-refractivity contribution in [1.82, 2.24) is 20.0 Å². The van der Waals surface area contributed by atoms with E-state index in [2.05, 4.69) is 29.2 Å². The first-order valence-corrected chi connectivity index (χ1v) is 8.75. The summed E-state index contributed by atoms with van der Waals surface area (Å²) in [6.45, 7) is 9.32. The number of aromatic nitrogens is 2. The number of hydrogen-bond acceptors (Lipinski definition) is 5. The summed E-state index contributed by atoms with van der Waals surface area (Å²) in [4.78, 5) is 12.8. The molecule has 0 saturated carbocycles. The topological polar surface area (TPSA) is 76.2 Å². The quantitative estimate of drug-likeness (QED) is 0.407. The highest BCUT2D eigenvalue weighted by atomic mass is 16.6. The van der Waals surface area contributed by atoms with Crippen LogP contribution in [0.3, 0.4) is 0 Å². The monoisotopic (exact) mass is 345 g/mol. The van der Waals surface area contributed by atoms with Gasteiger partial charge in [-0.1, -0.05) is 13.8 Å². The van der Waals surface area contributed by atoms with Crippen LogP contribution in [-0.4, -0.2) is 45.8 Å². The highest BCUT2D eigenvalue weighted by molar-refractivity contribution is 5.64. The normalized spacial score (nSPS) is 11.2. The van der Waals surface area contributed by atoms with Crippen LogP contribution in [-0.2, 0) is 13.6 Å². The second kappa shape index (κ2) is 9.29. The van der Waals surface area contributed by atoms with Crippen molar-refractivity contribution < 1.29 is 4.92 Å². The van der Waals surface area contributed by atoms with Crippen LogP contribution in [0.25, 0.3) is 11.3 Å². The molecule has 0 bridgehead atoms. The number of aryl methyl sites for hydroxylation is 1. The summed E-state index contributed by atoms with van der Waals surface area (Å²) in [5.41, 5.74) is 2.95. The van der Waals surface area contributed by atoms with Crippen molar-refractivity contribution in [2.24, 2.45) is 7.05 Å². The van der Waals surface area contributed by atoms with Crippen molar-refractivity contribution in [2.45, 2.75) is 26.8 Å². The van der Waals surface area contributed by atoms with Crippen LogP contribution >= 0.6 is 0 Å². The number of nitro benzene ring substituents is 1. The van der Waals surface area contributed by atoms with Crippen LogP contribution in [0, 0.1) is 10.1 Å². The van der Waals surface area contributed by atoms with Crippen LogP contribution in [0.15, 0.2) is 30.5 Å². The molecule has 1 aromatic heterocycles. The zero-order valence-corrected chi connectivity index (χ0v) is 15.2. The summed E-state index contributed by atoms with van der Waals surface area (Å²) in [7, 11) is 1.89. The molecule has 0 aliphatic rings. The Kier molecular flexibility index (Phi) is 7.09. The minimum atomic E-state index is -0.388. The van der Waals surface area contributed by atoms with E-state index in [1.54, 1.807) is 16.8 Å². The molecule has 0 fully saturated rings. The van der Waals surface area contributed by atoms with Gasteiger partial charge in [-0.2, -0.15) is 5.10 Å². The summed E-state index contributed by atoms with van der Waals surface area (Å²) in [5, 5.41) is 18.8. The molecule has 0 radical (unpaired) electrons. The number of benzene rings is 1. The van der Waals surface area contributed by atoms with Crippen LogP contribution in [0.1, 0.15) is 25.8 Å². The molecule has 0 aliphatic carbocycles. The Morgan fingerprint density at radius 1 is 1.24 bits per heavy atom. The molecule has 2 aromatic rings. The average molecular weight is 345 g/mol. The Morgan fingerprint density at radius 3 is 2.52 bits per heavy atom. The minimum absolute atomic E-state index is 0.0933. The molecule has 0 spiro atoms. The lowest BCUT2D eigenvalue weighted by Gasteiger charge is -2.17. The molecular formula is C18H27N5O2. The summed E-state index contributed by atoms with van der Waals surface area (Å²) < 4.78 is 1.78. The van der Waals surface area contributed by atoms with E-state index in [-0.39, 0.29) is 10.6 Å². The van der Waals surface area contributed by atoms with E-state index in [4.69, 9.17) is 0 Å². The van der Waals surface area contributed by atoms with Crippen molar-refractivity contribution in [1.29, 1.82) is 0 Å². The fourth-order valence-electron chi connectivity index (χ4n) is 2.84. The molecule has 0 aliphatic heterocycles. The molecule has 0 atom stereocenters. The zero-order valence-electron chi connectivity index (χ0n) is 15.2. The van der Waals surface area contributed by atoms with Gasteiger partial charge in [0.1, 0.15) is 0 Å². The third-order valence-electron chi connectivity index (χ3n) is 4.29.